The number of β-amino-alcohol motifs (C(OH)–C–C–N with tert-alkyl or cyclic N) is 1. The average molecular weight is 427 g/mol. The molecule has 1 N–H and O–H groups in total. The van der Waals surface area contributed by atoms with Crippen molar-refractivity contribution in [3.8, 4) is 11.5 Å². The first kappa shape index (κ1) is 23.1. The first-order chi connectivity index (χ1) is 15.0. The summed E-state index contributed by atoms with van der Waals surface area (Å²) in [5, 5.41) is 10.4. The van der Waals surface area contributed by atoms with E-state index in [-0.39, 0.29) is 12.5 Å². The minimum absolute atomic E-state index is 0.195. The van der Waals surface area contributed by atoms with E-state index in [9.17, 15) is 9.90 Å². The van der Waals surface area contributed by atoms with Crippen molar-refractivity contribution >= 4 is 5.91 Å². The van der Waals surface area contributed by atoms with E-state index in [1.54, 1.807) is 7.11 Å². The van der Waals surface area contributed by atoms with Gasteiger partial charge in [0.1, 0.15) is 24.2 Å². The second-order valence-corrected chi connectivity index (χ2v) is 8.11. The van der Waals surface area contributed by atoms with Crippen LogP contribution in [0.3, 0.4) is 0 Å². The molecular weight excluding hydrogens is 392 g/mol. The maximum absolute atomic E-state index is 12.7. The predicted molar refractivity (Wildman–Crippen MR) is 122 cm³/mol. The summed E-state index contributed by atoms with van der Waals surface area (Å²) in [6.45, 7) is 5.95. The third kappa shape index (κ3) is 7.26. The van der Waals surface area contributed by atoms with Crippen LogP contribution >= 0.6 is 0 Å². The van der Waals surface area contributed by atoms with Crippen LogP contribution in [0.4, 0.5) is 0 Å². The van der Waals surface area contributed by atoms with Crippen molar-refractivity contribution in [2.75, 3.05) is 46.4 Å². The monoisotopic (exact) mass is 426 g/mol. The largest absolute Gasteiger partial charge is 0.497 e. The van der Waals surface area contributed by atoms with Crippen molar-refractivity contribution in [2.24, 2.45) is 0 Å². The van der Waals surface area contributed by atoms with Crippen LogP contribution in [0.2, 0.25) is 0 Å². The summed E-state index contributed by atoms with van der Waals surface area (Å²) in [6.07, 6.45) is 1.61. The van der Waals surface area contributed by atoms with Gasteiger partial charge in [-0.1, -0.05) is 30.3 Å². The molecule has 168 valence electrons. The fourth-order valence-corrected chi connectivity index (χ4v) is 3.86. The first-order valence-electron chi connectivity index (χ1n) is 11.0. The predicted octanol–water partition coefficient (Wildman–Crippen LogP) is 2.91. The van der Waals surface area contributed by atoms with Gasteiger partial charge in [-0.05, 0) is 55.6 Å². The Morgan fingerprint density at radius 3 is 2.58 bits per heavy atom. The topological polar surface area (TPSA) is 62.2 Å². The molecule has 0 aromatic heterocycles. The zero-order valence-electron chi connectivity index (χ0n) is 18.6. The summed E-state index contributed by atoms with van der Waals surface area (Å²) < 4.78 is 10.9. The number of aryl methyl sites for hydroxylation is 2. The molecule has 2 aromatic carbocycles. The molecule has 31 heavy (non-hydrogen) atoms. The zero-order valence-corrected chi connectivity index (χ0v) is 18.6. The minimum atomic E-state index is -0.558. The van der Waals surface area contributed by atoms with E-state index in [2.05, 4.69) is 4.90 Å². The van der Waals surface area contributed by atoms with Gasteiger partial charge in [0.25, 0.3) is 0 Å². The lowest BCUT2D eigenvalue weighted by molar-refractivity contribution is -0.131. The molecule has 1 saturated heterocycles. The molecule has 3 rings (SSSR count). The fourth-order valence-electron chi connectivity index (χ4n) is 3.86. The van der Waals surface area contributed by atoms with E-state index in [0.717, 1.165) is 55.1 Å². The Morgan fingerprint density at radius 2 is 1.84 bits per heavy atom. The first-order valence-corrected chi connectivity index (χ1v) is 11.0. The molecular formula is C25H34N2O4. The van der Waals surface area contributed by atoms with Crippen LogP contribution in [0.25, 0.3) is 0 Å². The van der Waals surface area contributed by atoms with Crippen LogP contribution in [-0.2, 0) is 11.2 Å². The molecule has 0 spiro atoms. The number of amides is 1. The highest BCUT2D eigenvalue weighted by atomic mass is 16.5. The van der Waals surface area contributed by atoms with Crippen LogP contribution in [0.5, 0.6) is 11.5 Å². The molecule has 6 heteroatoms. The average Bonchev–Trinajstić information content (AvgIpc) is 3.03. The lowest BCUT2D eigenvalue weighted by Gasteiger charge is -2.24. The third-order valence-corrected chi connectivity index (χ3v) is 5.72. The second-order valence-electron chi connectivity index (χ2n) is 8.11. The molecule has 6 nitrogen and oxygen atoms in total. The molecule has 0 radical (unpaired) electrons. The number of benzene rings is 2. The Morgan fingerprint density at radius 1 is 1.06 bits per heavy atom. The minimum Gasteiger partial charge on any atom is -0.497 e. The summed E-state index contributed by atoms with van der Waals surface area (Å²) in [7, 11) is 1.65. The van der Waals surface area contributed by atoms with E-state index in [1.165, 1.54) is 0 Å². The van der Waals surface area contributed by atoms with Gasteiger partial charge in [-0.2, -0.15) is 0 Å². The van der Waals surface area contributed by atoms with Gasteiger partial charge in [-0.3, -0.25) is 9.69 Å². The summed E-state index contributed by atoms with van der Waals surface area (Å²) in [6, 6.07) is 15.7. The summed E-state index contributed by atoms with van der Waals surface area (Å²) in [5.74, 6) is 1.83. The molecule has 1 amide bonds. The van der Waals surface area contributed by atoms with Gasteiger partial charge in [0.2, 0.25) is 5.91 Å². The number of para-hydroxylation sites is 1. The Labute approximate surface area is 185 Å². The van der Waals surface area contributed by atoms with E-state index >= 15 is 0 Å². The van der Waals surface area contributed by atoms with Crippen LogP contribution < -0.4 is 9.47 Å². The summed E-state index contributed by atoms with van der Waals surface area (Å²) in [4.78, 5) is 16.9. The van der Waals surface area contributed by atoms with Crippen molar-refractivity contribution in [3.63, 3.8) is 0 Å². The van der Waals surface area contributed by atoms with E-state index < -0.39 is 6.10 Å². The number of hydrogen-bond acceptors (Lipinski definition) is 5. The van der Waals surface area contributed by atoms with Crippen LogP contribution in [0.1, 0.15) is 24.0 Å². The van der Waals surface area contributed by atoms with Gasteiger partial charge < -0.3 is 19.5 Å². The van der Waals surface area contributed by atoms with Crippen molar-refractivity contribution in [3.05, 3.63) is 59.7 Å². The van der Waals surface area contributed by atoms with Gasteiger partial charge in [0.15, 0.2) is 0 Å². The number of methoxy groups -OCH3 is 1. The van der Waals surface area contributed by atoms with Crippen LogP contribution in [-0.4, -0.2) is 73.4 Å². The number of rotatable bonds is 9. The Balaban J connectivity index is 1.39. The van der Waals surface area contributed by atoms with Gasteiger partial charge >= 0.3 is 0 Å². The highest BCUT2D eigenvalue weighted by Crippen LogP contribution is 2.17. The van der Waals surface area contributed by atoms with Gasteiger partial charge in [-0.15, -0.1) is 0 Å². The van der Waals surface area contributed by atoms with Gasteiger partial charge in [0, 0.05) is 32.6 Å². The standard InChI is InChI=1S/C25H34N2O4/c1-20-6-3-4-7-24(20)31-19-22(28)18-26-14-5-15-27(17-16-26)25(29)13-10-21-8-11-23(30-2)12-9-21/h3-4,6-9,11-12,22,28H,5,10,13-19H2,1-2H3. The molecule has 0 saturated carbocycles. The second kappa shape index (κ2) is 11.7. The van der Waals surface area contributed by atoms with Gasteiger partial charge in [0.05, 0.1) is 7.11 Å². The van der Waals surface area contributed by atoms with E-state index in [0.29, 0.717) is 19.5 Å². The number of carbonyl (C=O) groups excluding carboxylic acids is 1. The van der Waals surface area contributed by atoms with Gasteiger partial charge in [-0.25, -0.2) is 0 Å². The third-order valence-electron chi connectivity index (χ3n) is 5.72. The number of aliphatic hydroxyl groups excluding tert-OH is 1. The molecule has 1 fully saturated rings. The quantitative estimate of drug-likeness (QED) is 0.668. The molecule has 1 atom stereocenters. The van der Waals surface area contributed by atoms with Crippen molar-refractivity contribution in [2.45, 2.75) is 32.3 Å². The van der Waals surface area contributed by atoms with Crippen molar-refractivity contribution in [1.82, 2.24) is 9.80 Å². The number of ether oxygens (including phenoxy) is 2. The van der Waals surface area contributed by atoms with E-state index in [1.807, 2.05) is 60.4 Å². The number of aliphatic hydroxyl groups is 1. The fraction of sp³-hybridized carbons (Fsp3) is 0.480. The lowest BCUT2D eigenvalue weighted by atomic mass is 10.1. The zero-order chi connectivity index (χ0) is 22.1. The smallest absolute Gasteiger partial charge is 0.222 e. The highest BCUT2D eigenvalue weighted by molar-refractivity contribution is 5.76. The summed E-state index contributed by atoms with van der Waals surface area (Å²) >= 11 is 0. The number of nitrogens with zero attached hydrogens (tertiary/aromatic N) is 2. The summed E-state index contributed by atoms with van der Waals surface area (Å²) in [5.41, 5.74) is 2.20. The molecule has 1 heterocycles. The van der Waals surface area contributed by atoms with Crippen molar-refractivity contribution in [1.29, 1.82) is 0 Å². The van der Waals surface area contributed by atoms with Crippen molar-refractivity contribution < 1.29 is 19.4 Å². The maximum atomic E-state index is 12.7. The Hall–Kier alpha value is -2.57. The van der Waals surface area contributed by atoms with Crippen LogP contribution in [0.15, 0.2) is 48.5 Å². The highest BCUT2D eigenvalue weighted by Gasteiger charge is 2.21. The molecule has 2 aromatic rings. The molecule has 1 aliphatic heterocycles. The van der Waals surface area contributed by atoms with E-state index in [4.69, 9.17) is 9.47 Å². The SMILES string of the molecule is COc1ccc(CCC(=O)N2CCCN(CC(O)COc3ccccc3C)CC2)cc1. The number of carbonyl (C=O) groups is 1. The maximum Gasteiger partial charge on any atom is 0.222 e. The molecule has 0 bridgehead atoms. The Bertz CT molecular complexity index is 825. The normalized spacial score (nSPS) is 15.9. The number of hydrogen-bond donors (Lipinski definition) is 1. The lowest BCUT2D eigenvalue weighted by Crippen LogP contribution is -2.39. The van der Waals surface area contributed by atoms with Crippen LogP contribution in [0, 0.1) is 6.92 Å². The molecule has 1 aliphatic rings. The molecule has 0 aliphatic carbocycles. The molecule has 1 unspecified atom stereocenters. The Kier molecular flexibility index (Phi) is 8.74.